The number of ether oxygens (including phenoxy) is 1. The Morgan fingerprint density at radius 2 is 1.93 bits per heavy atom. The number of hydrogen-bond donors (Lipinski definition) is 2. The summed E-state index contributed by atoms with van der Waals surface area (Å²) in [6.45, 7) is 1.37. The first-order valence-electron chi connectivity index (χ1n) is 10.0. The number of anilines is 1. The lowest BCUT2D eigenvalue weighted by atomic mass is 9.85. The molecule has 1 fully saturated rings. The fourth-order valence-corrected chi connectivity index (χ4v) is 3.32. The van der Waals surface area contributed by atoms with Gasteiger partial charge in [0.2, 0.25) is 5.91 Å². The Bertz CT molecular complexity index is 844. The summed E-state index contributed by atoms with van der Waals surface area (Å²) in [5.41, 5.74) is 3.12. The van der Waals surface area contributed by atoms with Crippen molar-refractivity contribution in [2.24, 2.45) is 10.9 Å². The van der Waals surface area contributed by atoms with E-state index in [0.717, 1.165) is 48.8 Å². The second-order valence-electron chi connectivity index (χ2n) is 7.42. The van der Waals surface area contributed by atoms with Gasteiger partial charge in [0, 0.05) is 38.8 Å². The zero-order chi connectivity index (χ0) is 20.6. The number of hydrogen-bond acceptors (Lipinski definition) is 3. The normalized spacial score (nSPS) is 14.1. The molecule has 154 valence electrons. The molecule has 29 heavy (non-hydrogen) atoms. The van der Waals surface area contributed by atoms with Crippen LogP contribution >= 0.6 is 0 Å². The second-order valence-corrected chi connectivity index (χ2v) is 7.42. The maximum atomic E-state index is 12.2. The van der Waals surface area contributed by atoms with Gasteiger partial charge in [0.1, 0.15) is 5.75 Å². The van der Waals surface area contributed by atoms with Crippen molar-refractivity contribution in [1.29, 1.82) is 0 Å². The van der Waals surface area contributed by atoms with Crippen LogP contribution in [-0.4, -0.2) is 38.0 Å². The van der Waals surface area contributed by atoms with E-state index in [4.69, 9.17) is 4.74 Å². The maximum Gasteiger partial charge on any atom is 0.227 e. The maximum absolute atomic E-state index is 12.2. The van der Waals surface area contributed by atoms with Gasteiger partial charge in [0.05, 0.1) is 7.11 Å². The summed E-state index contributed by atoms with van der Waals surface area (Å²) in [6, 6.07) is 16.0. The highest BCUT2D eigenvalue weighted by molar-refractivity contribution is 5.93. The highest BCUT2D eigenvalue weighted by atomic mass is 16.5. The van der Waals surface area contributed by atoms with Crippen LogP contribution < -0.4 is 15.4 Å². The van der Waals surface area contributed by atoms with E-state index in [1.807, 2.05) is 43.4 Å². The van der Waals surface area contributed by atoms with Crippen LogP contribution in [0.3, 0.4) is 0 Å². The minimum Gasteiger partial charge on any atom is -0.497 e. The molecule has 6 heteroatoms. The lowest BCUT2D eigenvalue weighted by Gasteiger charge is -2.24. The quantitative estimate of drug-likeness (QED) is 0.556. The van der Waals surface area contributed by atoms with Crippen LogP contribution in [0, 0.1) is 5.92 Å². The summed E-state index contributed by atoms with van der Waals surface area (Å²) in [5.74, 6) is 1.98. The van der Waals surface area contributed by atoms with Gasteiger partial charge in [0.25, 0.3) is 0 Å². The summed E-state index contributed by atoms with van der Waals surface area (Å²) in [7, 11) is 5.46. The van der Waals surface area contributed by atoms with Crippen molar-refractivity contribution < 1.29 is 9.53 Å². The van der Waals surface area contributed by atoms with Crippen LogP contribution in [0.5, 0.6) is 5.75 Å². The Kier molecular flexibility index (Phi) is 7.11. The zero-order valence-corrected chi connectivity index (χ0v) is 17.4. The van der Waals surface area contributed by atoms with Crippen LogP contribution in [0.15, 0.2) is 53.5 Å². The number of guanidine groups is 1. The first-order valence-corrected chi connectivity index (χ1v) is 10.0. The lowest BCUT2D eigenvalue weighted by molar-refractivity contribution is -0.122. The van der Waals surface area contributed by atoms with Gasteiger partial charge in [-0.1, -0.05) is 30.7 Å². The minimum atomic E-state index is 0.136. The predicted molar refractivity (Wildman–Crippen MR) is 117 cm³/mol. The van der Waals surface area contributed by atoms with E-state index in [1.54, 1.807) is 14.2 Å². The topological polar surface area (TPSA) is 66.0 Å². The standard InChI is InChI=1S/C23H30N4O2/c1-24-23(27(2)16-17-10-12-21(29-3)13-11-17)25-15-18-6-4-9-20(14-18)26-22(28)19-7-5-8-19/h4,6,9-14,19H,5,7-8,15-16H2,1-3H3,(H,24,25)(H,26,28). The highest BCUT2D eigenvalue weighted by Gasteiger charge is 2.25. The molecular formula is C23H30N4O2. The van der Waals surface area contributed by atoms with E-state index in [2.05, 4.69) is 32.7 Å². The van der Waals surface area contributed by atoms with Gasteiger partial charge in [-0.25, -0.2) is 0 Å². The number of carbonyl (C=O) groups is 1. The molecule has 1 aliphatic carbocycles. The third-order valence-electron chi connectivity index (χ3n) is 5.27. The van der Waals surface area contributed by atoms with Crippen LogP contribution in [-0.2, 0) is 17.9 Å². The Balaban J connectivity index is 1.54. The van der Waals surface area contributed by atoms with Crippen molar-refractivity contribution in [3.05, 3.63) is 59.7 Å². The molecule has 2 aromatic carbocycles. The molecule has 1 amide bonds. The van der Waals surface area contributed by atoms with Gasteiger partial charge in [-0.3, -0.25) is 9.79 Å². The lowest BCUT2D eigenvalue weighted by Crippen LogP contribution is -2.38. The molecule has 0 bridgehead atoms. The number of rotatable bonds is 7. The SMILES string of the molecule is CN=C(NCc1cccc(NC(=O)C2CCC2)c1)N(C)Cc1ccc(OC)cc1. The Morgan fingerprint density at radius 3 is 2.55 bits per heavy atom. The largest absolute Gasteiger partial charge is 0.497 e. The van der Waals surface area contributed by atoms with E-state index >= 15 is 0 Å². The number of carbonyl (C=O) groups excluding carboxylic acids is 1. The molecule has 0 atom stereocenters. The second kappa shape index (κ2) is 9.96. The molecule has 0 aromatic heterocycles. The van der Waals surface area contributed by atoms with E-state index in [9.17, 15) is 4.79 Å². The molecule has 0 saturated heterocycles. The molecule has 0 radical (unpaired) electrons. The molecule has 3 rings (SSSR count). The van der Waals surface area contributed by atoms with E-state index < -0.39 is 0 Å². The number of nitrogens with zero attached hydrogens (tertiary/aromatic N) is 2. The first kappa shape index (κ1) is 20.7. The van der Waals surface area contributed by atoms with Gasteiger partial charge >= 0.3 is 0 Å². The summed E-state index contributed by atoms with van der Waals surface area (Å²) in [4.78, 5) is 18.6. The van der Waals surface area contributed by atoms with Crippen molar-refractivity contribution in [3.8, 4) is 5.75 Å². The molecule has 0 heterocycles. The highest BCUT2D eigenvalue weighted by Crippen LogP contribution is 2.27. The number of nitrogens with one attached hydrogen (secondary N) is 2. The number of aliphatic imine (C=N–C) groups is 1. The van der Waals surface area contributed by atoms with Crippen molar-refractivity contribution in [2.45, 2.75) is 32.4 Å². The third kappa shape index (κ3) is 5.73. The summed E-state index contributed by atoms with van der Waals surface area (Å²) >= 11 is 0. The monoisotopic (exact) mass is 394 g/mol. The molecular weight excluding hydrogens is 364 g/mol. The van der Waals surface area contributed by atoms with Gasteiger partial charge in [-0.05, 0) is 48.2 Å². The van der Waals surface area contributed by atoms with Gasteiger partial charge in [0.15, 0.2) is 5.96 Å². The van der Waals surface area contributed by atoms with Crippen LogP contribution in [0.4, 0.5) is 5.69 Å². The Hall–Kier alpha value is -3.02. The third-order valence-corrected chi connectivity index (χ3v) is 5.27. The summed E-state index contributed by atoms with van der Waals surface area (Å²) in [6.07, 6.45) is 3.17. The predicted octanol–water partition coefficient (Wildman–Crippen LogP) is 3.64. The molecule has 0 unspecified atom stereocenters. The summed E-state index contributed by atoms with van der Waals surface area (Å²) < 4.78 is 5.21. The number of methoxy groups -OCH3 is 1. The van der Waals surface area contributed by atoms with Crippen LogP contribution in [0.25, 0.3) is 0 Å². The fourth-order valence-electron chi connectivity index (χ4n) is 3.32. The van der Waals surface area contributed by atoms with E-state index in [0.29, 0.717) is 6.54 Å². The number of benzene rings is 2. The summed E-state index contributed by atoms with van der Waals surface area (Å²) in [5, 5.41) is 6.43. The van der Waals surface area contributed by atoms with Crippen molar-refractivity contribution >= 4 is 17.6 Å². The van der Waals surface area contributed by atoms with Crippen molar-refractivity contribution in [1.82, 2.24) is 10.2 Å². The molecule has 0 spiro atoms. The first-order chi connectivity index (χ1) is 14.1. The molecule has 2 N–H and O–H groups in total. The van der Waals surface area contributed by atoms with Crippen molar-refractivity contribution in [2.75, 3.05) is 26.5 Å². The minimum absolute atomic E-state index is 0.136. The number of amides is 1. The van der Waals surface area contributed by atoms with Crippen molar-refractivity contribution in [3.63, 3.8) is 0 Å². The Morgan fingerprint density at radius 1 is 1.17 bits per heavy atom. The Labute approximate surface area is 173 Å². The average Bonchev–Trinajstić information content (AvgIpc) is 2.68. The molecule has 1 saturated carbocycles. The molecule has 1 aliphatic rings. The average molecular weight is 395 g/mol. The molecule has 6 nitrogen and oxygen atoms in total. The van der Waals surface area contributed by atoms with E-state index in [-0.39, 0.29) is 11.8 Å². The zero-order valence-electron chi connectivity index (χ0n) is 17.4. The van der Waals surface area contributed by atoms with Gasteiger partial charge in [-0.15, -0.1) is 0 Å². The fraction of sp³-hybridized carbons (Fsp3) is 0.391. The smallest absolute Gasteiger partial charge is 0.227 e. The van der Waals surface area contributed by atoms with E-state index in [1.165, 1.54) is 5.56 Å². The van der Waals surface area contributed by atoms with Crippen LogP contribution in [0.2, 0.25) is 0 Å². The van der Waals surface area contributed by atoms with Gasteiger partial charge in [-0.2, -0.15) is 0 Å². The molecule has 0 aliphatic heterocycles. The van der Waals surface area contributed by atoms with Crippen LogP contribution in [0.1, 0.15) is 30.4 Å². The molecule has 2 aromatic rings. The van der Waals surface area contributed by atoms with Gasteiger partial charge < -0.3 is 20.3 Å².